The standard InChI is InChI=1S/C103H158O11/c1-32-33-34-35-36-37-38-39-40-41-42-43-44-45-46-47-56-102(91(113)114,86-73(94(8,9)10)59-67(49-53-81(106)107)60-74(86)95(11,12)13)103(87-75(96(14,15)16)61-68(50-54-82(108)109)62-76(87)97(17,18)19,88-77(98(20,21)22)63-69(51-55-83(110)111)64-78(88)99(23,24)25)72-65-79(100(26,27)28)90(112)89(101(29,30)31)85(72)84-70(92(2,3)4)57-66(48-52-80(104)105)58-71(84)93(5,6)7/h57-65,112H,32-56H2,1-31H3,(H,104,105)(H,106,107)(H,108,109)(H,110,111)(H,113,114). The molecule has 0 aliphatic heterocycles. The number of benzene rings is 5. The van der Waals surface area contributed by atoms with E-state index in [4.69, 9.17) is 0 Å². The van der Waals surface area contributed by atoms with Crippen molar-refractivity contribution in [2.75, 3.05) is 0 Å². The van der Waals surface area contributed by atoms with Crippen LogP contribution in [0.25, 0.3) is 11.1 Å². The molecule has 636 valence electrons. The molecule has 1 unspecified atom stereocenters. The van der Waals surface area contributed by atoms with E-state index in [2.05, 4.69) is 269 Å². The van der Waals surface area contributed by atoms with Crippen molar-refractivity contribution in [1.82, 2.24) is 0 Å². The number of hydrogen-bond acceptors (Lipinski definition) is 6. The van der Waals surface area contributed by atoms with Crippen LogP contribution in [0, 0.1) is 0 Å². The van der Waals surface area contributed by atoms with Gasteiger partial charge in [-0.1, -0.05) is 366 Å². The Kier molecular flexibility index (Phi) is 32.1. The van der Waals surface area contributed by atoms with Gasteiger partial charge in [0.2, 0.25) is 0 Å². The van der Waals surface area contributed by atoms with Gasteiger partial charge in [0, 0.05) is 31.2 Å². The van der Waals surface area contributed by atoms with Crippen molar-refractivity contribution in [2.45, 2.75) is 440 Å². The summed E-state index contributed by atoms with van der Waals surface area (Å²) < 4.78 is 0. The maximum absolute atomic E-state index is 18.8. The van der Waals surface area contributed by atoms with Gasteiger partial charge < -0.3 is 30.6 Å². The first-order chi connectivity index (χ1) is 51.9. The van der Waals surface area contributed by atoms with Crippen molar-refractivity contribution in [3.63, 3.8) is 0 Å². The molecule has 0 fully saturated rings. The Balaban J connectivity index is 2.66. The summed E-state index contributed by atoms with van der Waals surface area (Å²) >= 11 is 0. The largest absolute Gasteiger partial charge is 0.507 e. The van der Waals surface area contributed by atoms with Crippen molar-refractivity contribution in [1.29, 1.82) is 0 Å². The van der Waals surface area contributed by atoms with Crippen LogP contribution in [0.15, 0.2) is 54.6 Å². The van der Waals surface area contributed by atoms with Gasteiger partial charge in [-0.15, -0.1) is 0 Å². The molecule has 5 rings (SSSR count). The normalized spacial score (nSPS) is 13.9. The molecule has 0 heterocycles. The number of phenols is 1. The van der Waals surface area contributed by atoms with E-state index >= 15 is 9.90 Å². The lowest BCUT2D eigenvalue weighted by Crippen LogP contribution is -2.60. The van der Waals surface area contributed by atoms with Crippen LogP contribution in [0.3, 0.4) is 0 Å². The maximum Gasteiger partial charge on any atom is 0.315 e. The fourth-order valence-electron chi connectivity index (χ4n) is 18.1. The highest BCUT2D eigenvalue weighted by molar-refractivity contribution is 5.95. The van der Waals surface area contributed by atoms with Gasteiger partial charge in [-0.3, -0.25) is 24.0 Å². The molecule has 1 atom stereocenters. The Morgan fingerprint density at radius 2 is 0.482 bits per heavy atom. The number of carboxylic acid groups (broad SMARTS) is 5. The molecule has 0 aliphatic carbocycles. The van der Waals surface area contributed by atoms with Crippen molar-refractivity contribution in [2.24, 2.45) is 0 Å². The van der Waals surface area contributed by atoms with E-state index in [0.29, 0.717) is 40.7 Å². The average molecular weight is 1570 g/mol. The molecule has 5 aromatic carbocycles. The van der Waals surface area contributed by atoms with Gasteiger partial charge in [0.1, 0.15) is 11.2 Å². The number of aromatic hydroxyl groups is 1. The first-order valence-electron chi connectivity index (χ1n) is 43.7. The number of unbranched alkanes of at least 4 members (excludes halogenated alkanes) is 15. The highest BCUT2D eigenvalue weighted by Gasteiger charge is 2.67. The number of carboxylic acids is 5. The second kappa shape index (κ2) is 37.5. The van der Waals surface area contributed by atoms with Crippen LogP contribution >= 0.6 is 0 Å². The number of phenolic OH excluding ortho intramolecular Hbond substituents is 1. The van der Waals surface area contributed by atoms with Crippen LogP contribution in [0.1, 0.15) is 450 Å². The van der Waals surface area contributed by atoms with Gasteiger partial charge in [-0.2, -0.15) is 0 Å². The lowest BCUT2D eigenvalue weighted by Gasteiger charge is -2.58. The molecule has 6 N–H and O–H groups in total. The lowest BCUT2D eigenvalue weighted by atomic mass is 9.42. The molecule has 11 nitrogen and oxygen atoms in total. The number of aliphatic carboxylic acids is 5. The second-order valence-corrected chi connectivity index (χ2v) is 44.4. The van der Waals surface area contributed by atoms with Gasteiger partial charge >= 0.3 is 29.8 Å². The maximum atomic E-state index is 18.8. The molecular formula is C103H158O11. The molecule has 0 radical (unpaired) electrons. The third-order valence-electron chi connectivity index (χ3n) is 23.9. The fourth-order valence-corrected chi connectivity index (χ4v) is 18.1. The van der Waals surface area contributed by atoms with Gasteiger partial charge in [-0.25, -0.2) is 0 Å². The SMILES string of the molecule is CCCCCCCCCCCCCCCCCCC(C(=O)O)(c1c(C(C)(C)C)cc(CCC(=O)O)cc1C(C)(C)C)C(c1cc(C(C)(C)C)c(O)c(C(C)(C)C)c1-c1c(C(C)(C)C)cc(CCC(=O)O)cc1C(C)(C)C)(c1c(C(C)(C)C)cc(CCC(=O)O)cc1C(C)(C)C)c1c(C(C)(C)C)cc(CCC(=O)O)cc1C(C)(C)C. The summed E-state index contributed by atoms with van der Waals surface area (Å²) in [7, 11) is 0. The summed E-state index contributed by atoms with van der Waals surface area (Å²) in [5, 5.41) is 72.8. The zero-order chi connectivity index (χ0) is 87.1. The van der Waals surface area contributed by atoms with Gasteiger partial charge in [-0.05, 0) is 198 Å². The highest BCUT2D eigenvalue weighted by Crippen LogP contribution is 2.68. The zero-order valence-corrected chi connectivity index (χ0v) is 77.6. The minimum atomic E-state index is -2.22. The Morgan fingerprint density at radius 3 is 0.702 bits per heavy atom. The molecule has 0 spiro atoms. The molecule has 0 bridgehead atoms. The zero-order valence-electron chi connectivity index (χ0n) is 77.6. The Hall–Kier alpha value is -6.75. The van der Waals surface area contributed by atoms with Crippen LogP contribution in [-0.4, -0.2) is 60.5 Å². The van der Waals surface area contributed by atoms with Crippen LogP contribution in [0.5, 0.6) is 5.75 Å². The van der Waals surface area contributed by atoms with E-state index in [-0.39, 0.29) is 63.5 Å². The van der Waals surface area contributed by atoms with Crippen LogP contribution in [0.4, 0.5) is 0 Å². The predicted octanol–water partition coefficient (Wildman–Crippen LogP) is 27.1. The van der Waals surface area contributed by atoms with Gasteiger partial charge in [0.15, 0.2) is 0 Å². The molecule has 0 aliphatic rings. The van der Waals surface area contributed by atoms with Crippen LogP contribution < -0.4 is 0 Å². The molecule has 0 saturated heterocycles. The molecule has 0 amide bonds. The Morgan fingerprint density at radius 1 is 0.254 bits per heavy atom. The number of rotatable bonds is 36. The molecule has 0 aromatic heterocycles. The summed E-state index contributed by atoms with van der Waals surface area (Å²) in [5.41, 5.74) is 2.33. The predicted molar refractivity (Wildman–Crippen MR) is 477 cm³/mol. The molecule has 0 saturated carbocycles. The minimum Gasteiger partial charge on any atom is -0.507 e. The summed E-state index contributed by atoms with van der Waals surface area (Å²) in [6.45, 7) is 67.7. The van der Waals surface area contributed by atoms with Crippen molar-refractivity contribution in [3.8, 4) is 16.9 Å². The number of carbonyl (C=O) groups is 5. The topological polar surface area (TPSA) is 207 Å². The number of hydrogen-bond donors (Lipinski definition) is 6. The van der Waals surface area contributed by atoms with Crippen LogP contribution in [-0.2, 0) is 115 Å². The monoisotopic (exact) mass is 1570 g/mol. The van der Waals surface area contributed by atoms with E-state index in [9.17, 15) is 44.7 Å². The molecule has 5 aromatic rings. The summed E-state index contributed by atoms with van der Waals surface area (Å²) in [6.07, 6.45) is 17.9. The third-order valence-corrected chi connectivity index (χ3v) is 23.9. The van der Waals surface area contributed by atoms with Crippen molar-refractivity contribution >= 4 is 29.8 Å². The lowest BCUT2D eigenvalue weighted by molar-refractivity contribution is -0.147. The van der Waals surface area contributed by atoms with E-state index in [1.54, 1.807) is 0 Å². The summed E-state index contributed by atoms with van der Waals surface area (Å²) in [6, 6.07) is 19.7. The van der Waals surface area contributed by atoms with E-state index in [1.807, 2.05) is 0 Å². The highest BCUT2D eigenvalue weighted by atomic mass is 16.4. The first kappa shape index (κ1) is 97.8. The second-order valence-electron chi connectivity index (χ2n) is 44.4. The fraction of sp³-hybridized carbons (Fsp3) is 0.660. The number of aryl methyl sites for hydroxylation is 4. The third kappa shape index (κ3) is 23.8. The van der Waals surface area contributed by atoms with Crippen molar-refractivity contribution < 1.29 is 54.6 Å². The van der Waals surface area contributed by atoms with Crippen LogP contribution in [0.2, 0.25) is 0 Å². The molecular weight excluding hydrogens is 1410 g/mol. The van der Waals surface area contributed by atoms with E-state index in [0.717, 1.165) is 116 Å². The minimum absolute atomic E-state index is 0.0473. The first-order valence-corrected chi connectivity index (χ1v) is 43.7. The quantitative estimate of drug-likeness (QED) is 0.0164. The Labute approximate surface area is 692 Å². The average Bonchev–Trinajstić information content (AvgIpc) is 0.654. The smallest absolute Gasteiger partial charge is 0.315 e. The Bertz CT molecular complexity index is 3930. The van der Waals surface area contributed by atoms with E-state index in [1.165, 1.54) is 57.8 Å². The van der Waals surface area contributed by atoms with Crippen molar-refractivity contribution in [3.05, 3.63) is 155 Å². The summed E-state index contributed by atoms with van der Waals surface area (Å²) in [4.78, 5) is 71.2. The van der Waals surface area contributed by atoms with Gasteiger partial charge in [0.05, 0.1) is 5.41 Å². The molecule has 11 heteroatoms. The summed E-state index contributed by atoms with van der Waals surface area (Å²) in [5.74, 6) is -4.78. The molecule has 114 heavy (non-hydrogen) atoms. The van der Waals surface area contributed by atoms with Gasteiger partial charge in [0.25, 0.3) is 0 Å². The van der Waals surface area contributed by atoms with E-state index < -0.39 is 94.8 Å².